The maximum Gasteiger partial charge on any atom is 0.117 e. The third kappa shape index (κ3) is 2.10. The fraction of sp³-hybridized carbons (Fsp3) is 0.273. The maximum absolute atomic E-state index is 9.22. The second-order valence-electron chi connectivity index (χ2n) is 2.65. The Balaban J connectivity index is 0.000000461. The van der Waals surface area contributed by atoms with Gasteiger partial charge in [0.25, 0.3) is 0 Å². The average Bonchev–Trinajstić information content (AvgIpc) is 2.45. The number of phenols is 1. The molecule has 0 amide bonds. The molecule has 1 aromatic carbocycles. The van der Waals surface area contributed by atoms with Crippen LogP contribution in [0.4, 0.5) is 0 Å². The Bertz CT molecular complexity index is 434. The standard InChI is InChI=1S/C9H7BrOS.C2H6/c1-5-9(10)7-3-2-6(11)4-8(7)12-5;1-2/h2-4,11H,1H3;1-2H3. The van der Waals surface area contributed by atoms with Crippen molar-refractivity contribution < 1.29 is 5.11 Å². The van der Waals surface area contributed by atoms with Gasteiger partial charge in [-0.25, -0.2) is 0 Å². The second-order valence-corrected chi connectivity index (χ2v) is 4.70. The lowest BCUT2D eigenvalue weighted by Gasteiger charge is -1.91. The van der Waals surface area contributed by atoms with Crippen LogP contribution < -0.4 is 0 Å². The predicted molar refractivity (Wildman–Crippen MR) is 67.3 cm³/mol. The van der Waals surface area contributed by atoms with Gasteiger partial charge in [-0.2, -0.15) is 0 Å². The largest absolute Gasteiger partial charge is 0.508 e. The number of hydrogen-bond donors (Lipinski definition) is 1. The van der Waals surface area contributed by atoms with E-state index < -0.39 is 0 Å². The molecule has 0 radical (unpaired) electrons. The Morgan fingerprint density at radius 3 is 2.57 bits per heavy atom. The molecule has 0 fully saturated rings. The van der Waals surface area contributed by atoms with E-state index in [2.05, 4.69) is 22.9 Å². The van der Waals surface area contributed by atoms with Gasteiger partial charge in [0.05, 0.1) is 0 Å². The fourth-order valence-corrected chi connectivity index (χ4v) is 2.89. The van der Waals surface area contributed by atoms with Gasteiger partial charge >= 0.3 is 0 Å². The van der Waals surface area contributed by atoms with Crippen LogP contribution >= 0.6 is 27.3 Å². The molecule has 3 heteroatoms. The van der Waals surface area contributed by atoms with Crippen LogP contribution in [0.5, 0.6) is 5.75 Å². The summed E-state index contributed by atoms with van der Waals surface area (Å²) in [6.45, 7) is 6.06. The highest BCUT2D eigenvalue weighted by Crippen LogP contribution is 2.36. The van der Waals surface area contributed by atoms with Crippen molar-refractivity contribution in [3.05, 3.63) is 27.5 Å². The number of aromatic hydroxyl groups is 1. The van der Waals surface area contributed by atoms with Crippen molar-refractivity contribution in [3.63, 3.8) is 0 Å². The van der Waals surface area contributed by atoms with Crippen LogP contribution in [0.15, 0.2) is 22.7 Å². The molecule has 2 rings (SSSR count). The molecule has 0 bridgehead atoms. The minimum absolute atomic E-state index is 0.330. The van der Waals surface area contributed by atoms with Gasteiger partial charge in [-0.3, -0.25) is 0 Å². The number of phenolic OH excluding ortho intramolecular Hbond substituents is 1. The van der Waals surface area contributed by atoms with E-state index in [0.717, 1.165) is 9.17 Å². The van der Waals surface area contributed by atoms with Crippen LogP contribution in [0.25, 0.3) is 10.1 Å². The SMILES string of the molecule is CC.Cc1sc2cc(O)ccc2c1Br. The first-order chi connectivity index (χ1) is 6.68. The zero-order chi connectivity index (χ0) is 10.7. The molecular formula is C11H13BrOS. The molecular weight excluding hydrogens is 260 g/mol. The van der Waals surface area contributed by atoms with Crippen molar-refractivity contribution in [2.45, 2.75) is 20.8 Å². The Morgan fingerprint density at radius 1 is 1.29 bits per heavy atom. The van der Waals surface area contributed by atoms with E-state index in [1.807, 2.05) is 19.9 Å². The lowest BCUT2D eigenvalue weighted by molar-refractivity contribution is 0.476. The number of thiophene rings is 1. The summed E-state index contributed by atoms with van der Waals surface area (Å²) < 4.78 is 2.27. The molecule has 14 heavy (non-hydrogen) atoms. The molecule has 1 heterocycles. The number of rotatable bonds is 0. The molecule has 0 spiro atoms. The highest BCUT2D eigenvalue weighted by Gasteiger charge is 2.05. The predicted octanol–water partition coefficient (Wildman–Crippen LogP) is 4.70. The molecule has 0 aliphatic carbocycles. The highest BCUT2D eigenvalue weighted by atomic mass is 79.9. The summed E-state index contributed by atoms with van der Waals surface area (Å²) in [6.07, 6.45) is 0. The Kier molecular flexibility index (Phi) is 3.96. The van der Waals surface area contributed by atoms with Gasteiger partial charge in [-0.15, -0.1) is 11.3 Å². The maximum atomic E-state index is 9.22. The van der Waals surface area contributed by atoms with Gasteiger partial charge in [-0.05, 0) is 41.1 Å². The van der Waals surface area contributed by atoms with Gasteiger partial charge in [0.2, 0.25) is 0 Å². The van der Waals surface area contributed by atoms with Crippen LogP contribution in [0.1, 0.15) is 18.7 Å². The van der Waals surface area contributed by atoms with Crippen molar-refractivity contribution in [2.24, 2.45) is 0 Å². The van der Waals surface area contributed by atoms with Crippen molar-refractivity contribution in [2.75, 3.05) is 0 Å². The Labute approximate surface area is 96.5 Å². The summed E-state index contributed by atoms with van der Waals surface area (Å²) in [5.74, 6) is 0.330. The van der Waals surface area contributed by atoms with Gasteiger partial charge in [0.1, 0.15) is 5.75 Å². The van der Waals surface area contributed by atoms with E-state index in [1.165, 1.54) is 10.3 Å². The molecule has 76 valence electrons. The fourth-order valence-electron chi connectivity index (χ4n) is 1.18. The zero-order valence-electron chi connectivity index (χ0n) is 8.47. The van der Waals surface area contributed by atoms with Crippen LogP contribution in [-0.2, 0) is 0 Å². The van der Waals surface area contributed by atoms with Crippen LogP contribution in [0, 0.1) is 6.92 Å². The third-order valence-electron chi connectivity index (χ3n) is 1.77. The Morgan fingerprint density at radius 2 is 1.93 bits per heavy atom. The van der Waals surface area contributed by atoms with Gasteiger partial charge in [-0.1, -0.05) is 13.8 Å². The third-order valence-corrected chi connectivity index (χ3v) is 4.13. The average molecular weight is 273 g/mol. The number of halogens is 1. The van der Waals surface area contributed by atoms with Crippen molar-refractivity contribution in [3.8, 4) is 5.75 Å². The van der Waals surface area contributed by atoms with Gasteiger partial charge in [0, 0.05) is 19.4 Å². The summed E-state index contributed by atoms with van der Waals surface area (Å²) in [5, 5.41) is 10.4. The van der Waals surface area contributed by atoms with Gasteiger partial charge < -0.3 is 5.11 Å². The molecule has 1 aromatic heterocycles. The molecule has 0 aliphatic heterocycles. The number of benzene rings is 1. The van der Waals surface area contributed by atoms with Crippen molar-refractivity contribution in [1.82, 2.24) is 0 Å². The van der Waals surface area contributed by atoms with Crippen molar-refractivity contribution in [1.29, 1.82) is 0 Å². The quantitative estimate of drug-likeness (QED) is 0.737. The van der Waals surface area contributed by atoms with Crippen LogP contribution in [0.3, 0.4) is 0 Å². The molecule has 0 atom stereocenters. The number of fused-ring (bicyclic) bond motifs is 1. The molecule has 0 saturated carbocycles. The van der Waals surface area contributed by atoms with E-state index in [0.29, 0.717) is 5.75 Å². The minimum atomic E-state index is 0.330. The van der Waals surface area contributed by atoms with E-state index in [1.54, 1.807) is 23.5 Å². The van der Waals surface area contributed by atoms with E-state index >= 15 is 0 Å². The molecule has 1 N–H and O–H groups in total. The van der Waals surface area contributed by atoms with Gasteiger partial charge in [0.15, 0.2) is 0 Å². The van der Waals surface area contributed by atoms with E-state index in [-0.39, 0.29) is 0 Å². The highest BCUT2D eigenvalue weighted by molar-refractivity contribution is 9.10. The number of hydrogen-bond acceptors (Lipinski definition) is 2. The van der Waals surface area contributed by atoms with Crippen LogP contribution in [-0.4, -0.2) is 5.11 Å². The van der Waals surface area contributed by atoms with E-state index in [4.69, 9.17) is 0 Å². The topological polar surface area (TPSA) is 20.2 Å². The molecule has 0 saturated heterocycles. The summed E-state index contributed by atoms with van der Waals surface area (Å²) in [7, 11) is 0. The molecule has 0 unspecified atom stereocenters. The smallest absolute Gasteiger partial charge is 0.117 e. The molecule has 1 nitrogen and oxygen atoms in total. The minimum Gasteiger partial charge on any atom is -0.508 e. The second kappa shape index (κ2) is 4.80. The first-order valence-corrected chi connectivity index (χ1v) is 6.17. The summed E-state index contributed by atoms with van der Waals surface area (Å²) in [5.41, 5.74) is 0. The summed E-state index contributed by atoms with van der Waals surface area (Å²) in [6, 6.07) is 5.43. The first-order valence-electron chi connectivity index (χ1n) is 4.56. The summed E-state index contributed by atoms with van der Waals surface area (Å²) in [4.78, 5) is 1.25. The lowest BCUT2D eigenvalue weighted by atomic mass is 10.2. The number of aryl methyl sites for hydroxylation is 1. The monoisotopic (exact) mass is 272 g/mol. The van der Waals surface area contributed by atoms with Crippen molar-refractivity contribution >= 4 is 37.4 Å². The zero-order valence-corrected chi connectivity index (χ0v) is 10.9. The summed E-state index contributed by atoms with van der Waals surface area (Å²) >= 11 is 5.19. The normalized spacial score (nSPS) is 9.71. The Hall–Kier alpha value is -0.540. The first kappa shape index (κ1) is 11.5. The van der Waals surface area contributed by atoms with Crippen LogP contribution in [0.2, 0.25) is 0 Å². The van der Waals surface area contributed by atoms with E-state index in [9.17, 15) is 5.11 Å². The molecule has 2 aromatic rings. The lowest BCUT2D eigenvalue weighted by Crippen LogP contribution is -1.65. The molecule has 0 aliphatic rings.